The van der Waals surface area contributed by atoms with Crippen LogP contribution in [-0.4, -0.2) is 12.6 Å². The molecule has 0 spiro atoms. The summed E-state index contributed by atoms with van der Waals surface area (Å²) < 4.78 is 5.63. The molecule has 1 atom stereocenters. The van der Waals surface area contributed by atoms with Gasteiger partial charge in [0.25, 0.3) is 0 Å². The molecule has 2 rings (SSSR count). The number of hydrogen-bond acceptors (Lipinski definition) is 2. The Hall–Kier alpha value is -1.18. The van der Waals surface area contributed by atoms with Gasteiger partial charge in [0, 0.05) is 17.8 Å². The molecule has 1 fully saturated rings. The van der Waals surface area contributed by atoms with E-state index in [9.17, 15) is 0 Å². The van der Waals surface area contributed by atoms with Gasteiger partial charge in [-0.05, 0) is 37.8 Å². The first kappa shape index (κ1) is 12.3. The Labute approximate surface area is 104 Å². The molecule has 2 heteroatoms. The highest BCUT2D eigenvalue weighted by atomic mass is 16.5. The predicted molar refractivity (Wildman–Crippen MR) is 72.7 cm³/mol. The van der Waals surface area contributed by atoms with Crippen molar-refractivity contribution in [2.75, 3.05) is 11.9 Å². The first-order valence-corrected chi connectivity index (χ1v) is 6.77. The lowest BCUT2D eigenvalue weighted by atomic mass is 10.1. The predicted octanol–water partition coefficient (Wildman–Crippen LogP) is 4.08. The maximum atomic E-state index is 5.63. The normalized spacial score (nSPS) is 16.6. The van der Waals surface area contributed by atoms with Gasteiger partial charge in [-0.3, -0.25) is 0 Å². The number of hydrogen-bond donors (Lipinski definition) is 1. The van der Waals surface area contributed by atoms with Gasteiger partial charge >= 0.3 is 0 Å². The van der Waals surface area contributed by atoms with Gasteiger partial charge in [0.1, 0.15) is 5.75 Å². The first-order chi connectivity index (χ1) is 8.28. The van der Waals surface area contributed by atoms with Crippen LogP contribution in [-0.2, 0) is 0 Å². The molecule has 0 amide bonds. The maximum Gasteiger partial charge on any atom is 0.121 e. The zero-order valence-corrected chi connectivity index (χ0v) is 10.9. The van der Waals surface area contributed by atoms with Crippen molar-refractivity contribution in [3.8, 4) is 5.75 Å². The molecule has 1 N–H and O–H groups in total. The van der Waals surface area contributed by atoms with Crippen LogP contribution in [0.1, 0.15) is 39.5 Å². The molecule has 1 aromatic rings. The minimum atomic E-state index is 0.559. The standard InChI is InChI=1S/C15H23NO/c1-3-9-17-15-6-4-5-14(11-15)16-12(2)10-13-7-8-13/h4-6,11-13,16H,3,7-10H2,1-2H3. The minimum absolute atomic E-state index is 0.559. The molecular weight excluding hydrogens is 210 g/mol. The van der Waals surface area contributed by atoms with Gasteiger partial charge in [-0.25, -0.2) is 0 Å². The summed E-state index contributed by atoms with van der Waals surface area (Å²) in [6, 6.07) is 8.84. The highest BCUT2D eigenvalue weighted by molar-refractivity contribution is 5.48. The van der Waals surface area contributed by atoms with E-state index in [-0.39, 0.29) is 0 Å². The molecule has 2 nitrogen and oxygen atoms in total. The van der Waals surface area contributed by atoms with Crippen molar-refractivity contribution in [1.82, 2.24) is 0 Å². The number of nitrogens with one attached hydrogen (secondary N) is 1. The van der Waals surface area contributed by atoms with Gasteiger partial charge in [-0.2, -0.15) is 0 Å². The third kappa shape index (κ3) is 4.29. The molecule has 94 valence electrons. The third-order valence-electron chi connectivity index (χ3n) is 3.10. The highest BCUT2D eigenvalue weighted by Crippen LogP contribution is 2.34. The zero-order valence-electron chi connectivity index (χ0n) is 10.9. The molecule has 0 aliphatic heterocycles. The molecule has 0 bridgehead atoms. The molecule has 1 saturated carbocycles. The number of anilines is 1. The average molecular weight is 233 g/mol. The average Bonchev–Trinajstić information content (AvgIpc) is 3.10. The molecule has 1 aliphatic rings. The van der Waals surface area contributed by atoms with Crippen molar-refractivity contribution in [3.05, 3.63) is 24.3 Å². The molecular formula is C15H23NO. The first-order valence-electron chi connectivity index (χ1n) is 6.77. The van der Waals surface area contributed by atoms with Crippen LogP contribution in [0.25, 0.3) is 0 Å². The topological polar surface area (TPSA) is 21.3 Å². The van der Waals surface area contributed by atoms with E-state index in [0.717, 1.165) is 24.7 Å². The summed E-state index contributed by atoms with van der Waals surface area (Å²) in [5.41, 5.74) is 1.17. The zero-order chi connectivity index (χ0) is 12.1. The van der Waals surface area contributed by atoms with Crippen LogP contribution in [0.15, 0.2) is 24.3 Å². The van der Waals surface area contributed by atoms with Crippen LogP contribution >= 0.6 is 0 Å². The summed E-state index contributed by atoms with van der Waals surface area (Å²) in [5.74, 6) is 1.94. The Kier molecular flexibility index (Phi) is 4.29. The van der Waals surface area contributed by atoms with E-state index in [0.29, 0.717) is 6.04 Å². The molecule has 0 heterocycles. The summed E-state index contributed by atoms with van der Waals surface area (Å²) in [6.45, 7) is 5.18. The van der Waals surface area contributed by atoms with E-state index >= 15 is 0 Å². The van der Waals surface area contributed by atoms with Gasteiger partial charge in [0.15, 0.2) is 0 Å². The maximum absolute atomic E-state index is 5.63. The van der Waals surface area contributed by atoms with Crippen LogP contribution in [0.2, 0.25) is 0 Å². The summed E-state index contributed by atoms with van der Waals surface area (Å²) >= 11 is 0. The van der Waals surface area contributed by atoms with Crippen molar-refractivity contribution in [2.45, 2.75) is 45.6 Å². The minimum Gasteiger partial charge on any atom is -0.494 e. The summed E-state index contributed by atoms with van der Waals surface area (Å²) in [5, 5.41) is 3.55. The molecule has 0 saturated heterocycles. The Morgan fingerprint density at radius 1 is 1.41 bits per heavy atom. The quantitative estimate of drug-likeness (QED) is 0.766. The van der Waals surface area contributed by atoms with Gasteiger partial charge in [-0.15, -0.1) is 0 Å². The lowest BCUT2D eigenvalue weighted by Crippen LogP contribution is -2.15. The lowest BCUT2D eigenvalue weighted by molar-refractivity contribution is 0.317. The third-order valence-corrected chi connectivity index (χ3v) is 3.10. The van der Waals surface area contributed by atoms with Gasteiger partial charge in [-0.1, -0.05) is 25.8 Å². The van der Waals surface area contributed by atoms with Gasteiger partial charge in [0.05, 0.1) is 6.61 Å². The van der Waals surface area contributed by atoms with Crippen molar-refractivity contribution < 1.29 is 4.74 Å². The number of rotatable bonds is 7. The smallest absolute Gasteiger partial charge is 0.121 e. The van der Waals surface area contributed by atoms with Crippen molar-refractivity contribution in [1.29, 1.82) is 0 Å². The van der Waals surface area contributed by atoms with E-state index in [1.807, 2.05) is 6.07 Å². The molecule has 17 heavy (non-hydrogen) atoms. The van der Waals surface area contributed by atoms with Crippen molar-refractivity contribution in [2.24, 2.45) is 5.92 Å². The SMILES string of the molecule is CCCOc1cccc(NC(C)CC2CC2)c1. The van der Waals surface area contributed by atoms with Crippen LogP contribution < -0.4 is 10.1 Å². The van der Waals surface area contributed by atoms with Crippen molar-refractivity contribution in [3.63, 3.8) is 0 Å². The Morgan fingerprint density at radius 2 is 2.24 bits per heavy atom. The number of benzene rings is 1. The Bertz CT molecular complexity index is 347. The van der Waals surface area contributed by atoms with Gasteiger partial charge < -0.3 is 10.1 Å². The summed E-state index contributed by atoms with van der Waals surface area (Å²) in [6.07, 6.45) is 5.19. The molecule has 0 aromatic heterocycles. The fraction of sp³-hybridized carbons (Fsp3) is 0.600. The largest absolute Gasteiger partial charge is 0.494 e. The van der Waals surface area contributed by atoms with Crippen LogP contribution in [0.3, 0.4) is 0 Å². The van der Waals surface area contributed by atoms with Crippen LogP contribution in [0.4, 0.5) is 5.69 Å². The van der Waals surface area contributed by atoms with Crippen LogP contribution in [0.5, 0.6) is 5.75 Å². The van der Waals surface area contributed by atoms with Gasteiger partial charge in [0.2, 0.25) is 0 Å². The molecule has 1 unspecified atom stereocenters. The molecule has 1 aromatic carbocycles. The monoisotopic (exact) mass is 233 g/mol. The summed E-state index contributed by atoms with van der Waals surface area (Å²) in [4.78, 5) is 0. The van der Waals surface area contributed by atoms with E-state index in [1.165, 1.54) is 24.9 Å². The number of ether oxygens (including phenoxy) is 1. The Balaban J connectivity index is 1.85. The van der Waals surface area contributed by atoms with Crippen LogP contribution in [0, 0.1) is 5.92 Å². The molecule has 1 aliphatic carbocycles. The second-order valence-corrected chi connectivity index (χ2v) is 5.10. The second-order valence-electron chi connectivity index (χ2n) is 5.10. The van der Waals surface area contributed by atoms with Crippen molar-refractivity contribution >= 4 is 5.69 Å². The fourth-order valence-corrected chi connectivity index (χ4v) is 2.09. The van der Waals surface area contributed by atoms with E-state index < -0.39 is 0 Å². The fourth-order valence-electron chi connectivity index (χ4n) is 2.09. The Morgan fingerprint density at radius 3 is 2.94 bits per heavy atom. The van der Waals surface area contributed by atoms with E-state index in [2.05, 4.69) is 37.4 Å². The second kappa shape index (κ2) is 5.95. The van der Waals surface area contributed by atoms with E-state index in [1.54, 1.807) is 0 Å². The summed E-state index contributed by atoms with van der Waals surface area (Å²) in [7, 11) is 0. The lowest BCUT2D eigenvalue weighted by Gasteiger charge is -2.15. The molecule has 0 radical (unpaired) electrons. The van der Waals surface area contributed by atoms with E-state index in [4.69, 9.17) is 4.74 Å². The highest BCUT2D eigenvalue weighted by Gasteiger charge is 2.23.